The van der Waals surface area contributed by atoms with E-state index in [0.717, 1.165) is 21.1 Å². The van der Waals surface area contributed by atoms with Gasteiger partial charge in [-0.05, 0) is 53.6 Å². The van der Waals surface area contributed by atoms with Gasteiger partial charge in [0, 0.05) is 9.13 Å². The van der Waals surface area contributed by atoms with Crippen LogP contribution in [0, 0.1) is 3.57 Å². The zero-order valence-corrected chi connectivity index (χ0v) is 11.1. The Morgan fingerprint density at radius 1 is 1.57 bits per heavy atom. The molecule has 1 unspecified atom stereocenters. The molecule has 0 saturated heterocycles. The van der Waals surface area contributed by atoms with Crippen molar-refractivity contribution in [2.24, 2.45) is 0 Å². The highest BCUT2D eigenvalue weighted by atomic mass is 127. The van der Waals surface area contributed by atoms with E-state index in [2.05, 4.69) is 22.6 Å². The Bertz CT molecular complexity index is 347. The summed E-state index contributed by atoms with van der Waals surface area (Å²) >= 11 is 7.99. The van der Waals surface area contributed by atoms with E-state index in [9.17, 15) is 4.79 Å². The lowest BCUT2D eigenvalue weighted by atomic mass is 10.0. The van der Waals surface area contributed by atoms with Crippen molar-refractivity contribution in [3.8, 4) is 0 Å². The van der Waals surface area contributed by atoms with Crippen LogP contribution in [-0.4, -0.2) is 11.2 Å². The number of rotatable bonds is 3. The lowest BCUT2D eigenvalue weighted by Gasteiger charge is -2.08. The second kappa shape index (κ2) is 5.12. The Hall–Kier alpha value is -0.0900. The predicted molar refractivity (Wildman–Crippen MR) is 68.2 cm³/mol. The number of alkyl halides is 1. The molecule has 0 aliphatic carbocycles. The summed E-state index contributed by atoms with van der Waals surface area (Å²) in [6.45, 7) is 3.75. The number of hydrogen-bond acceptors (Lipinski definition) is 1. The summed E-state index contributed by atoms with van der Waals surface area (Å²) in [6, 6.07) is 5.91. The standard InChI is InChI=1S/C11H12ClIO/c1-3-8-4-5-9(13)6-10(8)11(14)7(2)12/h4-7H,3H2,1-2H3. The highest BCUT2D eigenvalue weighted by molar-refractivity contribution is 14.1. The number of halogens is 2. The summed E-state index contributed by atoms with van der Waals surface area (Å²) < 4.78 is 1.07. The zero-order valence-electron chi connectivity index (χ0n) is 8.18. The average Bonchev–Trinajstić information content (AvgIpc) is 2.16. The molecule has 0 aliphatic rings. The normalized spacial score (nSPS) is 12.6. The maximum Gasteiger partial charge on any atom is 0.180 e. The topological polar surface area (TPSA) is 17.1 Å². The summed E-state index contributed by atoms with van der Waals surface area (Å²) in [5.41, 5.74) is 1.84. The number of carbonyl (C=O) groups excluding carboxylic acids is 1. The number of hydrogen-bond donors (Lipinski definition) is 0. The van der Waals surface area contributed by atoms with E-state index in [1.807, 2.05) is 25.1 Å². The smallest absolute Gasteiger partial charge is 0.180 e. The van der Waals surface area contributed by atoms with Crippen LogP contribution < -0.4 is 0 Å². The third kappa shape index (κ3) is 2.70. The van der Waals surface area contributed by atoms with E-state index in [1.165, 1.54) is 0 Å². The summed E-state index contributed by atoms with van der Waals surface area (Å²) in [5, 5.41) is -0.446. The van der Waals surface area contributed by atoms with Crippen molar-refractivity contribution in [2.75, 3.05) is 0 Å². The molecule has 3 heteroatoms. The molecule has 0 fully saturated rings. The van der Waals surface area contributed by atoms with Gasteiger partial charge < -0.3 is 0 Å². The van der Waals surface area contributed by atoms with Crippen molar-refractivity contribution >= 4 is 40.0 Å². The van der Waals surface area contributed by atoms with Gasteiger partial charge in [0.05, 0.1) is 5.38 Å². The van der Waals surface area contributed by atoms with Gasteiger partial charge in [-0.15, -0.1) is 11.6 Å². The Kier molecular flexibility index (Phi) is 4.38. The minimum Gasteiger partial charge on any atom is -0.293 e. The maximum absolute atomic E-state index is 11.7. The number of aryl methyl sites for hydroxylation is 1. The molecule has 1 nitrogen and oxygen atoms in total. The maximum atomic E-state index is 11.7. The van der Waals surface area contributed by atoms with E-state index in [4.69, 9.17) is 11.6 Å². The molecule has 0 N–H and O–H groups in total. The molecule has 76 valence electrons. The first-order valence-corrected chi connectivity index (χ1v) is 6.04. The Balaban J connectivity index is 3.17. The molecule has 0 amide bonds. The molecule has 1 rings (SSSR count). The van der Waals surface area contributed by atoms with Crippen molar-refractivity contribution in [3.63, 3.8) is 0 Å². The number of benzene rings is 1. The molecule has 1 aromatic rings. The highest BCUT2D eigenvalue weighted by Gasteiger charge is 2.15. The second-order valence-electron chi connectivity index (χ2n) is 3.14. The lowest BCUT2D eigenvalue weighted by Crippen LogP contribution is -2.13. The fourth-order valence-corrected chi connectivity index (χ4v) is 1.91. The van der Waals surface area contributed by atoms with Crippen molar-refractivity contribution in [1.82, 2.24) is 0 Å². The van der Waals surface area contributed by atoms with Gasteiger partial charge in [0.1, 0.15) is 0 Å². The first-order valence-electron chi connectivity index (χ1n) is 4.53. The number of Topliss-reactive ketones (excluding diaryl/α,β-unsaturated/α-hetero) is 1. The molecule has 0 aromatic heterocycles. The van der Waals surface area contributed by atoms with Crippen LogP contribution in [0.25, 0.3) is 0 Å². The van der Waals surface area contributed by atoms with Crippen molar-refractivity contribution in [1.29, 1.82) is 0 Å². The number of carbonyl (C=O) groups is 1. The highest BCUT2D eigenvalue weighted by Crippen LogP contribution is 2.17. The largest absolute Gasteiger partial charge is 0.293 e. The SMILES string of the molecule is CCc1ccc(I)cc1C(=O)C(C)Cl. The van der Waals surface area contributed by atoms with Gasteiger partial charge in [-0.2, -0.15) is 0 Å². The number of ketones is 1. The third-order valence-corrected chi connectivity index (χ3v) is 2.95. The molecule has 0 bridgehead atoms. The fourth-order valence-electron chi connectivity index (χ4n) is 1.30. The van der Waals surface area contributed by atoms with Crippen LogP contribution in [0.5, 0.6) is 0 Å². The van der Waals surface area contributed by atoms with Crippen LogP contribution in [0.1, 0.15) is 29.8 Å². The van der Waals surface area contributed by atoms with Crippen LogP contribution >= 0.6 is 34.2 Å². The lowest BCUT2D eigenvalue weighted by molar-refractivity contribution is 0.0991. The minimum atomic E-state index is -0.446. The van der Waals surface area contributed by atoms with E-state index < -0.39 is 5.38 Å². The molecule has 1 atom stereocenters. The van der Waals surface area contributed by atoms with Gasteiger partial charge in [0.15, 0.2) is 5.78 Å². The van der Waals surface area contributed by atoms with Crippen LogP contribution in [0.4, 0.5) is 0 Å². The van der Waals surface area contributed by atoms with Gasteiger partial charge >= 0.3 is 0 Å². The van der Waals surface area contributed by atoms with Crippen LogP contribution in [0.3, 0.4) is 0 Å². The van der Waals surface area contributed by atoms with Gasteiger partial charge in [-0.25, -0.2) is 0 Å². The predicted octanol–water partition coefficient (Wildman–Crippen LogP) is 3.66. The van der Waals surface area contributed by atoms with Gasteiger partial charge in [-0.1, -0.05) is 13.0 Å². The molecular weight excluding hydrogens is 310 g/mol. The van der Waals surface area contributed by atoms with E-state index in [1.54, 1.807) is 6.92 Å². The molecule has 14 heavy (non-hydrogen) atoms. The van der Waals surface area contributed by atoms with Crippen LogP contribution in [0.2, 0.25) is 0 Å². The molecule has 0 saturated carbocycles. The third-order valence-electron chi connectivity index (χ3n) is 2.08. The van der Waals surface area contributed by atoms with Crippen molar-refractivity contribution < 1.29 is 4.79 Å². The van der Waals surface area contributed by atoms with E-state index in [-0.39, 0.29) is 5.78 Å². The van der Waals surface area contributed by atoms with Crippen molar-refractivity contribution in [2.45, 2.75) is 25.6 Å². The fraction of sp³-hybridized carbons (Fsp3) is 0.364. The van der Waals surface area contributed by atoms with Crippen molar-refractivity contribution in [3.05, 3.63) is 32.9 Å². The average molecular weight is 323 g/mol. The van der Waals surface area contributed by atoms with Gasteiger partial charge in [0.25, 0.3) is 0 Å². The Morgan fingerprint density at radius 2 is 2.21 bits per heavy atom. The first-order chi connectivity index (χ1) is 6.56. The summed E-state index contributed by atoms with van der Waals surface area (Å²) in [6.07, 6.45) is 0.863. The zero-order chi connectivity index (χ0) is 10.7. The van der Waals surface area contributed by atoms with Crippen LogP contribution in [-0.2, 0) is 6.42 Å². The quantitative estimate of drug-likeness (QED) is 0.471. The second-order valence-corrected chi connectivity index (χ2v) is 5.04. The minimum absolute atomic E-state index is 0.0158. The van der Waals surface area contributed by atoms with Gasteiger partial charge in [-0.3, -0.25) is 4.79 Å². The van der Waals surface area contributed by atoms with Gasteiger partial charge in [0.2, 0.25) is 0 Å². The summed E-state index contributed by atoms with van der Waals surface area (Å²) in [5.74, 6) is 0.0158. The Morgan fingerprint density at radius 3 is 2.71 bits per heavy atom. The molecule has 0 radical (unpaired) electrons. The summed E-state index contributed by atoms with van der Waals surface area (Å²) in [4.78, 5) is 11.7. The first kappa shape index (κ1) is 12.0. The van der Waals surface area contributed by atoms with E-state index >= 15 is 0 Å². The Labute approximate surface area is 103 Å². The van der Waals surface area contributed by atoms with E-state index in [0.29, 0.717) is 0 Å². The van der Waals surface area contributed by atoms with Crippen LogP contribution in [0.15, 0.2) is 18.2 Å². The monoisotopic (exact) mass is 322 g/mol. The molecule has 0 spiro atoms. The molecule has 0 heterocycles. The molecule has 0 aliphatic heterocycles. The molecular formula is C11H12ClIO. The molecule has 1 aromatic carbocycles. The summed E-state index contributed by atoms with van der Waals surface area (Å²) in [7, 11) is 0.